The molecule has 0 saturated carbocycles. The van der Waals surface area contributed by atoms with E-state index in [4.69, 9.17) is 28.8 Å². The zero-order valence-electron chi connectivity index (χ0n) is 18.6. The summed E-state index contributed by atoms with van der Waals surface area (Å²) in [6.45, 7) is 1.28. The van der Waals surface area contributed by atoms with Crippen molar-refractivity contribution < 1.29 is 23.7 Å². The summed E-state index contributed by atoms with van der Waals surface area (Å²) < 4.78 is 29.7. The lowest BCUT2D eigenvalue weighted by Gasteiger charge is -2.16. The maximum absolute atomic E-state index is 6.14. The van der Waals surface area contributed by atoms with Crippen LogP contribution in [-0.4, -0.2) is 60.5 Å². The lowest BCUT2D eigenvalue weighted by Crippen LogP contribution is -2.16. The van der Waals surface area contributed by atoms with Crippen LogP contribution in [0.4, 0.5) is 0 Å². The van der Waals surface area contributed by atoms with Gasteiger partial charge in [-0.3, -0.25) is 0 Å². The second kappa shape index (κ2) is 8.95. The van der Waals surface area contributed by atoms with E-state index >= 15 is 0 Å². The fourth-order valence-corrected chi connectivity index (χ4v) is 3.81. The maximum atomic E-state index is 6.14. The largest absolute Gasteiger partial charge is 0.497 e. The molecule has 1 aliphatic heterocycles. The summed E-state index contributed by atoms with van der Waals surface area (Å²) in [6.07, 6.45) is 0.860. The van der Waals surface area contributed by atoms with Crippen LogP contribution >= 0.6 is 0 Å². The zero-order chi connectivity index (χ0) is 22.8. The van der Waals surface area contributed by atoms with Gasteiger partial charge in [0.05, 0.1) is 45.8 Å². The molecule has 0 unspecified atom stereocenters. The fourth-order valence-electron chi connectivity index (χ4n) is 3.81. The summed E-state index contributed by atoms with van der Waals surface area (Å²) in [5.74, 6) is 3.21. The molecule has 170 valence electrons. The minimum Gasteiger partial charge on any atom is -0.497 e. The van der Waals surface area contributed by atoms with Crippen molar-refractivity contribution in [1.82, 2.24) is 19.8 Å². The third-order valence-electron chi connectivity index (χ3n) is 5.55. The van der Waals surface area contributed by atoms with E-state index in [9.17, 15) is 0 Å². The van der Waals surface area contributed by atoms with Gasteiger partial charge in [-0.05, 0) is 48.5 Å². The molecule has 1 saturated heterocycles. The summed E-state index contributed by atoms with van der Waals surface area (Å²) in [5, 5.41) is 13.4. The quantitative estimate of drug-likeness (QED) is 0.423. The number of hydrogen-bond donors (Lipinski definition) is 0. The molecule has 0 aliphatic carbocycles. The Bertz CT molecular complexity index is 1280. The smallest absolute Gasteiger partial charge is 0.189 e. The van der Waals surface area contributed by atoms with E-state index < -0.39 is 0 Å². The second-order valence-corrected chi connectivity index (χ2v) is 7.55. The van der Waals surface area contributed by atoms with Crippen molar-refractivity contribution in [3.63, 3.8) is 0 Å². The van der Waals surface area contributed by atoms with Crippen LogP contribution in [0.5, 0.6) is 23.0 Å². The van der Waals surface area contributed by atoms with Gasteiger partial charge in [0, 0.05) is 12.0 Å². The van der Waals surface area contributed by atoms with Crippen molar-refractivity contribution in [2.24, 2.45) is 0 Å². The Labute approximate surface area is 190 Å². The van der Waals surface area contributed by atoms with Crippen molar-refractivity contribution in [3.8, 4) is 45.6 Å². The Hall–Kier alpha value is -3.85. The lowest BCUT2D eigenvalue weighted by atomic mass is 10.1. The van der Waals surface area contributed by atoms with Gasteiger partial charge in [-0.25, -0.2) is 0 Å². The first kappa shape index (κ1) is 21.0. The van der Waals surface area contributed by atoms with Gasteiger partial charge >= 0.3 is 0 Å². The summed E-state index contributed by atoms with van der Waals surface area (Å²) >= 11 is 0. The van der Waals surface area contributed by atoms with Crippen molar-refractivity contribution >= 4 is 5.65 Å². The van der Waals surface area contributed by atoms with Gasteiger partial charge < -0.3 is 23.7 Å². The number of methoxy groups -OCH3 is 3. The highest BCUT2D eigenvalue weighted by molar-refractivity contribution is 5.70. The van der Waals surface area contributed by atoms with Gasteiger partial charge in [-0.15, -0.1) is 10.2 Å². The first-order valence-electron chi connectivity index (χ1n) is 10.6. The predicted octanol–water partition coefficient (Wildman–Crippen LogP) is 3.65. The summed E-state index contributed by atoms with van der Waals surface area (Å²) in [7, 11) is 4.86. The van der Waals surface area contributed by atoms with E-state index in [1.54, 1.807) is 25.8 Å². The number of ether oxygens (including phenoxy) is 5. The molecule has 0 radical (unpaired) electrons. The standard InChI is InChI=1S/C24H24N4O5/c1-29-16-5-8-20(30-2)18(13-16)24-26-25-23-9-6-19(27-28(23)24)15-4-7-21(31-3)22(12-15)33-17-10-11-32-14-17/h4-9,12-13,17H,10-11,14H2,1-3H3/t17-/m1/s1. The molecule has 0 bridgehead atoms. The molecular formula is C24H24N4O5. The SMILES string of the molecule is COc1ccc(OC)c(-c2nnc3ccc(-c4ccc(OC)c(O[C@@H]5CCOC5)c4)nn23)c1. The van der Waals surface area contributed by atoms with E-state index in [-0.39, 0.29) is 6.10 Å². The van der Waals surface area contributed by atoms with Crippen LogP contribution in [0.25, 0.3) is 28.3 Å². The molecule has 2 aromatic heterocycles. The Morgan fingerprint density at radius 3 is 2.48 bits per heavy atom. The van der Waals surface area contributed by atoms with Crippen LogP contribution in [0.2, 0.25) is 0 Å². The lowest BCUT2D eigenvalue weighted by molar-refractivity contribution is 0.138. The first-order chi connectivity index (χ1) is 16.2. The topological polar surface area (TPSA) is 89.2 Å². The number of aromatic nitrogens is 4. The Morgan fingerprint density at radius 2 is 1.73 bits per heavy atom. The Balaban J connectivity index is 1.57. The number of nitrogens with zero attached hydrogens (tertiary/aromatic N) is 4. The molecule has 0 amide bonds. The number of rotatable bonds is 7. The van der Waals surface area contributed by atoms with Crippen LogP contribution in [0.15, 0.2) is 48.5 Å². The molecule has 0 N–H and O–H groups in total. The van der Waals surface area contributed by atoms with Crippen molar-refractivity contribution in [1.29, 1.82) is 0 Å². The molecule has 33 heavy (non-hydrogen) atoms. The average molecular weight is 448 g/mol. The molecule has 1 atom stereocenters. The Morgan fingerprint density at radius 1 is 0.879 bits per heavy atom. The molecule has 1 aliphatic rings. The summed E-state index contributed by atoms with van der Waals surface area (Å²) in [4.78, 5) is 0. The van der Waals surface area contributed by atoms with E-state index in [1.807, 2.05) is 48.5 Å². The number of benzene rings is 2. The average Bonchev–Trinajstić information content (AvgIpc) is 3.53. The second-order valence-electron chi connectivity index (χ2n) is 7.55. The third-order valence-corrected chi connectivity index (χ3v) is 5.55. The van der Waals surface area contributed by atoms with Crippen LogP contribution in [0, 0.1) is 0 Å². The van der Waals surface area contributed by atoms with Crippen LogP contribution in [0.3, 0.4) is 0 Å². The highest BCUT2D eigenvalue weighted by atomic mass is 16.6. The van der Waals surface area contributed by atoms with Gasteiger partial charge in [0.1, 0.15) is 17.6 Å². The van der Waals surface area contributed by atoms with Gasteiger partial charge in [-0.1, -0.05) is 0 Å². The minimum atomic E-state index is 0.00886. The highest BCUT2D eigenvalue weighted by Gasteiger charge is 2.20. The molecule has 0 spiro atoms. The van der Waals surface area contributed by atoms with Gasteiger partial charge in [0.2, 0.25) is 0 Å². The monoisotopic (exact) mass is 448 g/mol. The van der Waals surface area contributed by atoms with Crippen LogP contribution in [0.1, 0.15) is 6.42 Å². The van der Waals surface area contributed by atoms with E-state index in [0.29, 0.717) is 47.7 Å². The number of fused-ring (bicyclic) bond motifs is 1. The molecule has 2 aromatic carbocycles. The molecule has 9 nitrogen and oxygen atoms in total. The van der Waals surface area contributed by atoms with Crippen LogP contribution < -0.4 is 18.9 Å². The number of hydrogen-bond acceptors (Lipinski definition) is 8. The van der Waals surface area contributed by atoms with E-state index in [2.05, 4.69) is 10.2 Å². The normalized spacial score (nSPS) is 15.5. The van der Waals surface area contributed by atoms with Gasteiger partial charge in [0.15, 0.2) is 23.0 Å². The molecule has 9 heteroatoms. The van der Waals surface area contributed by atoms with E-state index in [1.165, 1.54) is 0 Å². The van der Waals surface area contributed by atoms with Gasteiger partial charge in [0.25, 0.3) is 0 Å². The van der Waals surface area contributed by atoms with E-state index in [0.717, 1.165) is 23.2 Å². The summed E-state index contributed by atoms with van der Waals surface area (Å²) in [5.41, 5.74) is 2.96. The highest BCUT2D eigenvalue weighted by Crippen LogP contribution is 2.35. The van der Waals surface area contributed by atoms with Gasteiger partial charge in [-0.2, -0.15) is 9.61 Å². The predicted molar refractivity (Wildman–Crippen MR) is 121 cm³/mol. The third kappa shape index (κ3) is 4.03. The molecular weight excluding hydrogens is 424 g/mol. The zero-order valence-corrected chi connectivity index (χ0v) is 18.6. The molecule has 5 rings (SSSR count). The summed E-state index contributed by atoms with van der Waals surface area (Å²) in [6, 6.07) is 15.1. The molecule has 3 heterocycles. The minimum absolute atomic E-state index is 0.00886. The first-order valence-corrected chi connectivity index (χ1v) is 10.6. The van der Waals surface area contributed by atoms with Crippen molar-refractivity contribution in [2.45, 2.75) is 12.5 Å². The van der Waals surface area contributed by atoms with Crippen LogP contribution in [-0.2, 0) is 4.74 Å². The molecule has 4 aromatic rings. The van der Waals surface area contributed by atoms with Crippen molar-refractivity contribution in [2.75, 3.05) is 34.5 Å². The maximum Gasteiger partial charge on any atom is 0.189 e. The molecule has 1 fully saturated rings. The Kier molecular flexibility index (Phi) is 5.70. The fraction of sp³-hybridized carbons (Fsp3) is 0.292. The van der Waals surface area contributed by atoms with Crippen molar-refractivity contribution in [3.05, 3.63) is 48.5 Å².